The van der Waals surface area contributed by atoms with Crippen molar-refractivity contribution in [2.24, 2.45) is 0 Å². The maximum atomic E-state index is 15.5. The number of rotatable bonds is 8. The average molecular weight is 681 g/mol. The topological polar surface area (TPSA) is 101 Å². The number of hydrogen-bond acceptors (Lipinski definition) is 6. The van der Waals surface area contributed by atoms with Gasteiger partial charge in [0.25, 0.3) is 0 Å². The average Bonchev–Trinajstić information content (AvgIpc) is 3.79. The van der Waals surface area contributed by atoms with E-state index in [1.165, 1.54) is 6.20 Å². The number of hydrogen-bond donors (Lipinski definition) is 2. The molecule has 3 atom stereocenters. The molecule has 6 aromatic rings. The minimum Gasteiger partial charge on any atom is -0.365 e. The Hall–Kier alpha value is -5.64. The van der Waals surface area contributed by atoms with Crippen LogP contribution >= 0.6 is 0 Å². The second-order valence-electron chi connectivity index (χ2n) is 13.7. The van der Waals surface area contributed by atoms with Gasteiger partial charge in [-0.3, -0.25) is 0 Å². The number of nitrogens with zero attached hydrogens (tertiary/aromatic N) is 6. The van der Waals surface area contributed by atoms with Gasteiger partial charge in [0.1, 0.15) is 11.2 Å². The number of anilines is 1. The minimum atomic E-state index is -0.913. The molecule has 1 aliphatic carbocycles. The van der Waals surface area contributed by atoms with Crippen LogP contribution in [0.2, 0.25) is 0 Å². The third kappa shape index (κ3) is 6.09. The largest absolute Gasteiger partial charge is 0.365 e. The van der Waals surface area contributed by atoms with Crippen molar-refractivity contribution in [3.8, 4) is 11.5 Å². The lowest BCUT2D eigenvalue weighted by Crippen LogP contribution is -2.48. The summed E-state index contributed by atoms with van der Waals surface area (Å²) >= 11 is 0. The second kappa shape index (κ2) is 13.9. The Kier molecular flexibility index (Phi) is 8.90. The van der Waals surface area contributed by atoms with Gasteiger partial charge in [-0.15, -0.1) is 0 Å². The van der Waals surface area contributed by atoms with Crippen LogP contribution in [0.4, 0.5) is 15.0 Å². The van der Waals surface area contributed by atoms with Crippen molar-refractivity contribution in [1.82, 2.24) is 34.9 Å². The highest BCUT2D eigenvalue weighted by Crippen LogP contribution is 2.43. The fourth-order valence-electron chi connectivity index (χ4n) is 7.98. The molecule has 8 rings (SSSR count). The molecule has 0 radical (unpaired) electrons. The van der Waals surface area contributed by atoms with Crippen LogP contribution in [0.3, 0.4) is 0 Å². The van der Waals surface area contributed by atoms with Gasteiger partial charge in [-0.05, 0) is 74.3 Å². The van der Waals surface area contributed by atoms with Gasteiger partial charge >= 0.3 is 6.03 Å². The molecule has 0 bridgehead atoms. The van der Waals surface area contributed by atoms with E-state index < -0.39 is 11.4 Å². The van der Waals surface area contributed by atoms with Crippen LogP contribution in [0.1, 0.15) is 62.1 Å². The quantitative estimate of drug-likeness (QED) is 0.159. The Balaban J connectivity index is 1.19. The number of aromatic nitrogens is 5. The number of benzene rings is 3. The van der Waals surface area contributed by atoms with Crippen LogP contribution in [0.25, 0.3) is 22.6 Å². The van der Waals surface area contributed by atoms with Crippen LogP contribution in [-0.2, 0) is 5.54 Å². The minimum absolute atomic E-state index is 0.00480. The molecule has 51 heavy (non-hydrogen) atoms. The summed E-state index contributed by atoms with van der Waals surface area (Å²) in [7, 11) is 0. The molecule has 258 valence electrons. The van der Waals surface area contributed by atoms with E-state index in [0.717, 1.165) is 60.7 Å². The summed E-state index contributed by atoms with van der Waals surface area (Å²) in [5.41, 5.74) is 3.24. The van der Waals surface area contributed by atoms with Crippen LogP contribution in [0.15, 0.2) is 116 Å². The molecule has 1 saturated carbocycles. The van der Waals surface area contributed by atoms with Crippen molar-refractivity contribution in [2.75, 3.05) is 11.9 Å². The van der Waals surface area contributed by atoms with E-state index >= 15 is 4.39 Å². The normalized spacial score (nSPS) is 19.3. The first-order valence-electron chi connectivity index (χ1n) is 17.9. The summed E-state index contributed by atoms with van der Waals surface area (Å²) in [5.74, 6) is -0.121. The van der Waals surface area contributed by atoms with Gasteiger partial charge < -0.3 is 15.5 Å². The van der Waals surface area contributed by atoms with Crippen LogP contribution in [-0.4, -0.2) is 60.3 Å². The molecule has 3 aromatic heterocycles. The van der Waals surface area contributed by atoms with E-state index in [4.69, 9.17) is 15.1 Å². The Morgan fingerprint density at radius 2 is 1.45 bits per heavy atom. The number of amides is 2. The van der Waals surface area contributed by atoms with Crippen molar-refractivity contribution in [1.29, 1.82) is 0 Å². The van der Waals surface area contributed by atoms with Gasteiger partial charge in [0.05, 0.1) is 11.6 Å². The Morgan fingerprint density at radius 1 is 0.804 bits per heavy atom. The van der Waals surface area contributed by atoms with Gasteiger partial charge in [-0.1, -0.05) is 91.0 Å². The fraction of sp³-hybridized carbons (Fsp3) is 0.293. The molecular formula is C41H41FN8O. The van der Waals surface area contributed by atoms with Crippen LogP contribution in [0, 0.1) is 5.82 Å². The molecule has 1 unspecified atom stereocenters. The van der Waals surface area contributed by atoms with Crippen molar-refractivity contribution < 1.29 is 9.18 Å². The molecule has 3 aromatic carbocycles. The highest BCUT2D eigenvalue weighted by molar-refractivity contribution is 5.90. The first-order valence-corrected chi connectivity index (χ1v) is 17.9. The lowest BCUT2D eigenvalue weighted by atomic mass is 9.77. The zero-order valence-corrected chi connectivity index (χ0v) is 28.6. The lowest BCUT2D eigenvalue weighted by molar-refractivity contribution is 0.187. The number of urea groups is 1. The standard InChI is InChI=1S/C41H41FN8O/c1-28-14-13-25-49(28)40(51)46-33-22-11-21-32(26-33)45-37-35(42)27-44-38(47-37)36-34-23-12-24-43-39(34)50(48-36)41(29-15-5-2-6-16-29,30-17-7-3-8-18-30)31-19-9-4-10-20-31/h2-10,12,15-20,23-24,27-28,32-33H,11,13-14,21-22,25-26H2,1H3,(H,46,51)(H,44,45,47)/t28-,32?,33+/m0/s1. The van der Waals surface area contributed by atoms with Crippen molar-refractivity contribution in [3.63, 3.8) is 0 Å². The molecule has 2 fully saturated rings. The summed E-state index contributed by atoms with van der Waals surface area (Å²) < 4.78 is 17.4. The second-order valence-corrected chi connectivity index (χ2v) is 13.7. The lowest BCUT2D eigenvalue weighted by Gasteiger charge is -2.36. The predicted octanol–water partition coefficient (Wildman–Crippen LogP) is 7.78. The first-order chi connectivity index (χ1) is 25.0. The fourth-order valence-corrected chi connectivity index (χ4v) is 7.98. The third-order valence-corrected chi connectivity index (χ3v) is 10.4. The van der Waals surface area contributed by atoms with E-state index in [2.05, 4.69) is 58.9 Å². The molecule has 0 spiro atoms. The third-order valence-electron chi connectivity index (χ3n) is 10.4. The van der Waals surface area contributed by atoms with Crippen molar-refractivity contribution in [3.05, 3.63) is 138 Å². The highest BCUT2D eigenvalue weighted by Gasteiger charge is 2.41. The molecule has 2 amide bonds. The van der Waals surface area contributed by atoms with Crippen molar-refractivity contribution >= 4 is 22.9 Å². The van der Waals surface area contributed by atoms with Gasteiger partial charge in [-0.2, -0.15) is 5.10 Å². The molecule has 1 saturated heterocycles. The number of halogens is 1. The Labute approximate surface area is 297 Å². The SMILES string of the molecule is C[C@H]1CCCN1C(=O)N[C@@H]1CCCC(Nc2nc(-c3nn(C(c4ccccc4)(c4ccccc4)c4ccccc4)c4ncccc34)ncc2F)C1. The van der Waals surface area contributed by atoms with Gasteiger partial charge in [0.15, 0.2) is 23.1 Å². The molecule has 1 aliphatic heterocycles. The number of pyridine rings is 1. The summed E-state index contributed by atoms with van der Waals surface area (Å²) in [6.07, 6.45) is 8.38. The number of carbonyl (C=O) groups excluding carboxylic acids is 1. The molecule has 2 N–H and O–H groups in total. The number of carbonyl (C=O) groups is 1. The smallest absolute Gasteiger partial charge is 0.317 e. The zero-order valence-electron chi connectivity index (χ0n) is 28.6. The molecular weight excluding hydrogens is 640 g/mol. The summed E-state index contributed by atoms with van der Waals surface area (Å²) in [5, 5.41) is 12.6. The first kappa shape index (κ1) is 32.6. The Bertz CT molecular complexity index is 2030. The molecule has 2 aliphatic rings. The maximum Gasteiger partial charge on any atom is 0.317 e. The Morgan fingerprint density at radius 3 is 2.08 bits per heavy atom. The van der Waals surface area contributed by atoms with E-state index in [9.17, 15) is 4.79 Å². The van der Waals surface area contributed by atoms with Crippen LogP contribution in [0.5, 0.6) is 0 Å². The van der Waals surface area contributed by atoms with Crippen LogP contribution < -0.4 is 10.6 Å². The molecule has 4 heterocycles. The number of likely N-dealkylation sites (tertiary alicyclic amines) is 1. The number of nitrogens with one attached hydrogen (secondary N) is 2. The zero-order chi connectivity index (χ0) is 34.8. The summed E-state index contributed by atoms with van der Waals surface area (Å²) in [6.45, 7) is 2.89. The van der Waals surface area contributed by atoms with E-state index in [-0.39, 0.29) is 30.0 Å². The van der Waals surface area contributed by atoms with Gasteiger partial charge in [-0.25, -0.2) is 28.8 Å². The predicted molar refractivity (Wildman–Crippen MR) is 197 cm³/mol. The van der Waals surface area contributed by atoms with Gasteiger partial charge in [0.2, 0.25) is 0 Å². The van der Waals surface area contributed by atoms with Gasteiger partial charge in [0, 0.05) is 30.9 Å². The van der Waals surface area contributed by atoms with E-state index in [0.29, 0.717) is 23.6 Å². The van der Waals surface area contributed by atoms with E-state index in [1.807, 2.05) is 76.3 Å². The molecule has 10 heteroatoms. The maximum absolute atomic E-state index is 15.5. The summed E-state index contributed by atoms with van der Waals surface area (Å²) in [6, 6.07) is 34.9. The number of fused-ring (bicyclic) bond motifs is 1. The highest BCUT2D eigenvalue weighted by atomic mass is 19.1. The monoisotopic (exact) mass is 680 g/mol. The molecule has 9 nitrogen and oxygen atoms in total. The van der Waals surface area contributed by atoms with Crippen molar-refractivity contribution in [2.45, 2.75) is 69.1 Å². The summed E-state index contributed by atoms with van der Waals surface area (Å²) in [4.78, 5) is 29.0. The van der Waals surface area contributed by atoms with E-state index in [1.54, 1.807) is 6.20 Å².